The van der Waals surface area contributed by atoms with Gasteiger partial charge >= 0.3 is 0 Å². The number of fused-ring (bicyclic) bond motifs is 1. The highest BCUT2D eigenvalue weighted by Crippen LogP contribution is 2.10. The van der Waals surface area contributed by atoms with Crippen LogP contribution in [0.3, 0.4) is 0 Å². The second-order valence-electron chi connectivity index (χ2n) is 5.00. The summed E-state index contributed by atoms with van der Waals surface area (Å²) in [4.78, 5) is 28.9. The molecule has 0 aliphatic carbocycles. The zero-order valence-electron chi connectivity index (χ0n) is 12.1. The summed E-state index contributed by atoms with van der Waals surface area (Å²) in [6, 6.07) is 12.7. The molecule has 3 aromatic rings. The fourth-order valence-corrected chi connectivity index (χ4v) is 2.37. The maximum atomic E-state index is 12.4. The number of nitrogens with zero attached hydrogens (tertiary/aromatic N) is 2. The van der Waals surface area contributed by atoms with Crippen molar-refractivity contribution >= 4 is 16.8 Å². The lowest BCUT2D eigenvalue weighted by molar-refractivity contribution is 0.0949. The number of aromatic nitrogens is 2. The van der Waals surface area contributed by atoms with E-state index in [0.29, 0.717) is 5.39 Å². The van der Waals surface area contributed by atoms with Crippen LogP contribution in [0.1, 0.15) is 16.1 Å². The van der Waals surface area contributed by atoms with E-state index in [-0.39, 0.29) is 17.5 Å². The molecule has 0 bridgehead atoms. The molecule has 22 heavy (non-hydrogen) atoms. The van der Waals surface area contributed by atoms with Crippen molar-refractivity contribution in [3.63, 3.8) is 0 Å². The molecule has 0 atom stereocenters. The molecule has 0 saturated heterocycles. The first kappa shape index (κ1) is 14.0. The average molecular weight is 293 g/mol. The van der Waals surface area contributed by atoms with Crippen molar-refractivity contribution in [3.8, 4) is 0 Å². The van der Waals surface area contributed by atoms with Gasteiger partial charge in [-0.1, -0.05) is 18.2 Å². The number of amides is 1. The summed E-state index contributed by atoms with van der Waals surface area (Å²) in [6.07, 6.45) is 3.23. The average Bonchev–Trinajstić information content (AvgIpc) is 2.57. The van der Waals surface area contributed by atoms with Gasteiger partial charge in [0.05, 0.1) is 17.8 Å². The Bertz CT molecular complexity index is 885. The fraction of sp³-hybridized carbons (Fsp3) is 0.118. The summed E-state index contributed by atoms with van der Waals surface area (Å²) in [5.41, 5.74) is 1.42. The summed E-state index contributed by atoms with van der Waals surface area (Å²) < 4.78 is 1.78. The summed E-state index contributed by atoms with van der Waals surface area (Å²) in [6.45, 7) is 0.287. The van der Waals surface area contributed by atoms with Crippen molar-refractivity contribution in [2.75, 3.05) is 0 Å². The van der Waals surface area contributed by atoms with Crippen LogP contribution in [0.2, 0.25) is 0 Å². The van der Waals surface area contributed by atoms with Gasteiger partial charge in [0, 0.05) is 24.8 Å². The van der Waals surface area contributed by atoms with Gasteiger partial charge in [0.25, 0.3) is 5.91 Å². The maximum absolute atomic E-state index is 12.4. The number of aryl methyl sites for hydroxylation is 1. The summed E-state index contributed by atoms with van der Waals surface area (Å²) >= 11 is 0. The SMILES string of the molecule is Cn1cc(C(=O)NCc2ccccn2)c(=O)c2ccccc21. The fourth-order valence-electron chi connectivity index (χ4n) is 2.37. The first-order valence-electron chi connectivity index (χ1n) is 6.93. The van der Waals surface area contributed by atoms with Crippen molar-refractivity contribution in [2.24, 2.45) is 7.05 Å². The van der Waals surface area contributed by atoms with Gasteiger partial charge in [-0.2, -0.15) is 0 Å². The molecule has 0 fully saturated rings. The van der Waals surface area contributed by atoms with Crippen molar-refractivity contribution in [1.82, 2.24) is 14.9 Å². The minimum absolute atomic E-state index is 0.136. The summed E-state index contributed by atoms with van der Waals surface area (Å²) in [5, 5.41) is 3.27. The van der Waals surface area contributed by atoms with Crippen molar-refractivity contribution in [1.29, 1.82) is 0 Å². The molecule has 0 radical (unpaired) electrons. The normalized spacial score (nSPS) is 10.6. The number of hydrogen-bond acceptors (Lipinski definition) is 3. The van der Waals surface area contributed by atoms with Crippen LogP contribution >= 0.6 is 0 Å². The second kappa shape index (κ2) is 5.81. The van der Waals surface area contributed by atoms with Crippen LogP contribution in [0.5, 0.6) is 0 Å². The van der Waals surface area contributed by atoms with E-state index >= 15 is 0 Å². The molecule has 0 aliphatic heterocycles. The number of para-hydroxylation sites is 1. The Hall–Kier alpha value is -2.95. The highest BCUT2D eigenvalue weighted by molar-refractivity contribution is 5.97. The number of rotatable bonds is 3. The predicted octanol–water partition coefficient (Wildman–Crippen LogP) is 1.86. The van der Waals surface area contributed by atoms with Crippen LogP contribution in [0, 0.1) is 0 Å². The molecule has 0 aliphatic rings. The van der Waals surface area contributed by atoms with E-state index in [4.69, 9.17) is 0 Å². The highest BCUT2D eigenvalue weighted by Gasteiger charge is 2.14. The van der Waals surface area contributed by atoms with Gasteiger partial charge in [-0.05, 0) is 24.3 Å². The first-order valence-corrected chi connectivity index (χ1v) is 6.93. The van der Waals surface area contributed by atoms with Crippen molar-refractivity contribution in [2.45, 2.75) is 6.54 Å². The van der Waals surface area contributed by atoms with E-state index in [1.54, 1.807) is 29.1 Å². The minimum Gasteiger partial charge on any atom is -0.350 e. The third-order valence-corrected chi connectivity index (χ3v) is 3.50. The van der Waals surface area contributed by atoms with Crippen LogP contribution in [0.25, 0.3) is 10.9 Å². The topological polar surface area (TPSA) is 64.0 Å². The van der Waals surface area contributed by atoms with E-state index in [1.165, 1.54) is 0 Å². The van der Waals surface area contributed by atoms with Gasteiger partial charge < -0.3 is 9.88 Å². The van der Waals surface area contributed by atoms with E-state index in [9.17, 15) is 9.59 Å². The molecule has 3 rings (SSSR count). The van der Waals surface area contributed by atoms with Crippen LogP contribution < -0.4 is 10.7 Å². The zero-order chi connectivity index (χ0) is 15.5. The Morgan fingerprint density at radius 2 is 1.95 bits per heavy atom. The Balaban J connectivity index is 1.91. The molecule has 5 nitrogen and oxygen atoms in total. The van der Waals surface area contributed by atoms with E-state index in [2.05, 4.69) is 10.3 Å². The van der Waals surface area contributed by atoms with E-state index in [0.717, 1.165) is 11.2 Å². The minimum atomic E-state index is -0.392. The van der Waals surface area contributed by atoms with E-state index < -0.39 is 5.91 Å². The largest absolute Gasteiger partial charge is 0.350 e. The molecule has 1 amide bonds. The molecule has 5 heteroatoms. The van der Waals surface area contributed by atoms with Crippen molar-refractivity contribution in [3.05, 3.63) is 76.3 Å². The number of carbonyl (C=O) groups excluding carboxylic acids is 1. The maximum Gasteiger partial charge on any atom is 0.257 e. The monoisotopic (exact) mass is 293 g/mol. The third kappa shape index (κ3) is 2.61. The summed E-state index contributed by atoms with van der Waals surface area (Å²) in [7, 11) is 1.82. The molecule has 2 heterocycles. The Morgan fingerprint density at radius 3 is 2.73 bits per heavy atom. The van der Waals surface area contributed by atoms with Crippen LogP contribution in [0.15, 0.2) is 59.7 Å². The molecule has 0 unspecified atom stereocenters. The summed E-state index contributed by atoms with van der Waals surface area (Å²) in [5.74, 6) is -0.392. The zero-order valence-corrected chi connectivity index (χ0v) is 12.1. The van der Waals surface area contributed by atoms with Gasteiger partial charge in [-0.15, -0.1) is 0 Å². The quantitative estimate of drug-likeness (QED) is 0.801. The smallest absolute Gasteiger partial charge is 0.257 e. The Labute approximate surface area is 127 Å². The van der Waals surface area contributed by atoms with Gasteiger partial charge in [0.2, 0.25) is 5.43 Å². The number of benzene rings is 1. The number of carbonyl (C=O) groups is 1. The van der Waals surface area contributed by atoms with Gasteiger partial charge in [0.1, 0.15) is 5.56 Å². The third-order valence-electron chi connectivity index (χ3n) is 3.50. The Kier molecular flexibility index (Phi) is 3.70. The highest BCUT2D eigenvalue weighted by atomic mass is 16.2. The predicted molar refractivity (Wildman–Crippen MR) is 84.6 cm³/mol. The molecule has 2 aromatic heterocycles. The first-order chi connectivity index (χ1) is 10.7. The molecule has 0 saturated carbocycles. The molecule has 0 spiro atoms. The number of nitrogens with one attached hydrogen (secondary N) is 1. The molecule has 110 valence electrons. The number of pyridine rings is 2. The standard InChI is InChI=1S/C17H15N3O2/c1-20-11-14(16(21)13-7-2-3-8-15(13)20)17(22)19-10-12-6-4-5-9-18-12/h2-9,11H,10H2,1H3,(H,19,22). The van der Waals surface area contributed by atoms with Crippen molar-refractivity contribution < 1.29 is 4.79 Å². The lowest BCUT2D eigenvalue weighted by Gasteiger charge is -2.09. The lowest BCUT2D eigenvalue weighted by atomic mass is 10.1. The Morgan fingerprint density at radius 1 is 1.18 bits per heavy atom. The van der Waals surface area contributed by atoms with E-state index in [1.807, 2.05) is 37.4 Å². The lowest BCUT2D eigenvalue weighted by Crippen LogP contribution is -2.29. The van der Waals surface area contributed by atoms with Gasteiger partial charge in [-0.3, -0.25) is 14.6 Å². The van der Waals surface area contributed by atoms with Crippen LogP contribution in [-0.2, 0) is 13.6 Å². The van der Waals surface area contributed by atoms with Crippen LogP contribution in [-0.4, -0.2) is 15.5 Å². The molecular weight excluding hydrogens is 278 g/mol. The second-order valence-corrected chi connectivity index (χ2v) is 5.00. The van der Waals surface area contributed by atoms with Crippen LogP contribution in [0.4, 0.5) is 0 Å². The molecule has 1 N–H and O–H groups in total. The molecular formula is C17H15N3O2. The molecule has 1 aromatic carbocycles. The van der Waals surface area contributed by atoms with Gasteiger partial charge in [0.15, 0.2) is 0 Å². The van der Waals surface area contributed by atoms with Gasteiger partial charge in [-0.25, -0.2) is 0 Å². The number of hydrogen-bond donors (Lipinski definition) is 1.